The number of likely N-dealkylation sites (N-methyl/N-ethyl adjacent to an activating group) is 1. The van der Waals surface area contributed by atoms with Crippen LogP contribution in [-0.4, -0.2) is 26.4 Å². The van der Waals surface area contributed by atoms with E-state index in [1.54, 1.807) is 12.1 Å². The van der Waals surface area contributed by atoms with Crippen molar-refractivity contribution < 1.29 is 13.9 Å². The Morgan fingerprint density at radius 2 is 2.32 bits per heavy atom. The highest BCUT2D eigenvalue weighted by Gasteiger charge is 2.32. The van der Waals surface area contributed by atoms with Crippen LogP contribution >= 0.6 is 0 Å². The summed E-state index contributed by atoms with van der Waals surface area (Å²) >= 11 is 0. The van der Waals surface area contributed by atoms with E-state index in [0.717, 1.165) is 25.1 Å². The lowest BCUT2D eigenvalue weighted by atomic mass is 9.92. The lowest BCUT2D eigenvalue weighted by molar-refractivity contribution is 0.0611. The van der Waals surface area contributed by atoms with Crippen molar-refractivity contribution in [1.82, 2.24) is 5.32 Å². The summed E-state index contributed by atoms with van der Waals surface area (Å²) < 4.78 is 24.6. The molecule has 1 aromatic rings. The summed E-state index contributed by atoms with van der Waals surface area (Å²) in [7, 11) is 1.47. The fraction of sp³-hybridized carbons (Fsp3) is 0.600. The summed E-state index contributed by atoms with van der Waals surface area (Å²) in [6, 6.07) is 5.15. The summed E-state index contributed by atoms with van der Waals surface area (Å²) in [5, 5.41) is 3.40. The third-order valence-electron chi connectivity index (χ3n) is 3.73. The van der Waals surface area contributed by atoms with Gasteiger partial charge in [0.05, 0.1) is 19.3 Å². The van der Waals surface area contributed by atoms with Crippen molar-refractivity contribution in [1.29, 1.82) is 0 Å². The Morgan fingerprint density at radius 3 is 2.84 bits per heavy atom. The van der Waals surface area contributed by atoms with Crippen LogP contribution in [0.3, 0.4) is 0 Å². The Balaban J connectivity index is 2.25. The molecule has 1 aliphatic heterocycles. The molecule has 1 saturated heterocycles. The molecule has 0 bridgehead atoms. The summed E-state index contributed by atoms with van der Waals surface area (Å²) in [6.45, 7) is 5.84. The second-order valence-electron chi connectivity index (χ2n) is 5.03. The van der Waals surface area contributed by atoms with Crippen molar-refractivity contribution in [2.45, 2.75) is 32.4 Å². The Bertz CT molecular complexity index is 425. The van der Waals surface area contributed by atoms with Crippen LogP contribution in [0.2, 0.25) is 0 Å². The molecule has 1 aliphatic rings. The average Bonchev–Trinajstić information content (AvgIpc) is 2.82. The molecule has 1 N–H and O–H groups in total. The molecule has 0 saturated carbocycles. The standard InChI is InChI=1S/C15H22FNO2/c1-4-17-14(15-10(2)7-8-19-15)11-5-6-13(18-3)12(16)9-11/h5-6,9-10,14-15,17H,4,7-8H2,1-3H3. The van der Waals surface area contributed by atoms with Crippen LogP contribution in [0.5, 0.6) is 5.75 Å². The van der Waals surface area contributed by atoms with Crippen LogP contribution in [0, 0.1) is 11.7 Å². The highest BCUT2D eigenvalue weighted by molar-refractivity contribution is 5.31. The maximum atomic E-state index is 13.8. The van der Waals surface area contributed by atoms with Gasteiger partial charge < -0.3 is 14.8 Å². The monoisotopic (exact) mass is 267 g/mol. The van der Waals surface area contributed by atoms with Gasteiger partial charge in [-0.25, -0.2) is 4.39 Å². The number of methoxy groups -OCH3 is 1. The van der Waals surface area contributed by atoms with E-state index < -0.39 is 0 Å². The normalized spacial score (nSPS) is 24.4. The van der Waals surface area contributed by atoms with Crippen LogP contribution < -0.4 is 10.1 Å². The Labute approximate surface area is 114 Å². The van der Waals surface area contributed by atoms with Gasteiger partial charge in [0.1, 0.15) is 0 Å². The SMILES string of the molecule is CCNC(c1ccc(OC)c(F)c1)C1OCCC1C. The van der Waals surface area contributed by atoms with E-state index in [1.807, 2.05) is 13.0 Å². The Kier molecular flexibility index (Phi) is 4.77. The molecule has 0 spiro atoms. The maximum Gasteiger partial charge on any atom is 0.165 e. The van der Waals surface area contributed by atoms with E-state index >= 15 is 0 Å². The molecule has 0 amide bonds. The van der Waals surface area contributed by atoms with Crippen LogP contribution in [0.1, 0.15) is 31.9 Å². The predicted molar refractivity (Wildman–Crippen MR) is 72.9 cm³/mol. The minimum absolute atomic E-state index is 0.0305. The van der Waals surface area contributed by atoms with Crippen molar-refractivity contribution in [3.63, 3.8) is 0 Å². The zero-order valence-corrected chi connectivity index (χ0v) is 11.8. The van der Waals surface area contributed by atoms with Crippen molar-refractivity contribution >= 4 is 0 Å². The molecule has 3 nitrogen and oxygen atoms in total. The number of rotatable bonds is 5. The quantitative estimate of drug-likeness (QED) is 0.889. The first-order chi connectivity index (χ1) is 9.17. The zero-order chi connectivity index (χ0) is 13.8. The van der Waals surface area contributed by atoms with E-state index in [2.05, 4.69) is 12.2 Å². The van der Waals surface area contributed by atoms with Gasteiger partial charge in [-0.1, -0.05) is 19.9 Å². The summed E-state index contributed by atoms with van der Waals surface area (Å²) in [5.41, 5.74) is 0.916. The first-order valence-corrected chi connectivity index (χ1v) is 6.85. The highest BCUT2D eigenvalue weighted by Crippen LogP contribution is 2.32. The molecule has 3 atom stereocenters. The van der Waals surface area contributed by atoms with Gasteiger partial charge in [-0.2, -0.15) is 0 Å². The molecule has 0 aromatic heterocycles. The summed E-state index contributed by atoms with van der Waals surface area (Å²) in [4.78, 5) is 0. The number of benzene rings is 1. The molecule has 1 heterocycles. The topological polar surface area (TPSA) is 30.5 Å². The highest BCUT2D eigenvalue weighted by atomic mass is 19.1. The third kappa shape index (κ3) is 3.07. The maximum absolute atomic E-state index is 13.8. The second-order valence-corrected chi connectivity index (χ2v) is 5.03. The van der Waals surface area contributed by atoms with Gasteiger partial charge in [0.15, 0.2) is 11.6 Å². The number of halogens is 1. The lowest BCUT2D eigenvalue weighted by Gasteiger charge is -2.27. The van der Waals surface area contributed by atoms with Gasteiger partial charge in [0, 0.05) is 6.61 Å². The van der Waals surface area contributed by atoms with E-state index in [4.69, 9.17) is 9.47 Å². The predicted octanol–water partition coefficient (Wildman–Crippen LogP) is 2.91. The fourth-order valence-electron chi connectivity index (χ4n) is 2.66. The number of hydrogen-bond acceptors (Lipinski definition) is 3. The molecule has 0 aliphatic carbocycles. The van der Waals surface area contributed by atoms with E-state index in [0.29, 0.717) is 5.92 Å². The fourth-order valence-corrected chi connectivity index (χ4v) is 2.66. The van der Waals surface area contributed by atoms with Gasteiger partial charge in [-0.05, 0) is 36.6 Å². The van der Waals surface area contributed by atoms with Gasteiger partial charge in [-0.15, -0.1) is 0 Å². The minimum Gasteiger partial charge on any atom is -0.494 e. The number of hydrogen-bond donors (Lipinski definition) is 1. The average molecular weight is 267 g/mol. The summed E-state index contributed by atoms with van der Waals surface area (Å²) in [6.07, 6.45) is 1.17. The molecular formula is C15H22FNO2. The van der Waals surface area contributed by atoms with Gasteiger partial charge in [-0.3, -0.25) is 0 Å². The number of ether oxygens (including phenoxy) is 2. The van der Waals surface area contributed by atoms with Gasteiger partial charge in [0.25, 0.3) is 0 Å². The lowest BCUT2D eigenvalue weighted by Crippen LogP contribution is -2.34. The molecule has 106 valence electrons. The first kappa shape index (κ1) is 14.3. The van der Waals surface area contributed by atoms with Crippen LogP contribution in [0.25, 0.3) is 0 Å². The van der Waals surface area contributed by atoms with Crippen LogP contribution in [0.4, 0.5) is 4.39 Å². The minimum atomic E-state index is -0.325. The molecule has 1 aromatic carbocycles. The van der Waals surface area contributed by atoms with Crippen molar-refractivity contribution in [2.24, 2.45) is 5.92 Å². The van der Waals surface area contributed by atoms with Crippen LogP contribution in [-0.2, 0) is 4.74 Å². The van der Waals surface area contributed by atoms with Gasteiger partial charge in [0.2, 0.25) is 0 Å². The Hall–Kier alpha value is -1.13. The van der Waals surface area contributed by atoms with Gasteiger partial charge >= 0.3 is 0 Å². The van der Waals surface area contributed by atoms with Crippen molar-refractivity contribution in [3.05, 3.63) is 29.6 Å². The second kappa shape index (κ2) is 6.35. The number of nitrogens with one attached hydrogen (secondary N) is 1. The van der Waals surface area contributed by atoms with E-state index in [1.165, 1.54) is 7.11 Å². The zero-order valence-electron chi connectivity index (χ0n) is 11.8. The molecule has 3 unspecified atom stereocenters. The van der Waals surface area contributed by atoms with E-state index in [-0.39, 0.29) is 23.7 Å². The third-order valence-corrected chi connectivity index (χ3v) is 3.73. The largest absolute Gasteiger partial charge is 0.494 e. The van der Waals surface area contributed by atoms with Crippen molar-refractivity contribution in [3.8, 4) is 5.75 Å². The molecule has 1 fully saturated rings. The molecule has 0 radical (unpaired) electrons. The molecule has 19 heavy (non-hydrogen) atoms. The van der Waals surface area contributed by atoms with E-state index in [9.17, 15) is 4.39 Å². The summed E-state index contributed by atoms with van der Waals surface area (Å²) in [5.74, 6) is 0.433. The molecular weight excluding hydrogens is 245 g/mol. The first-order valence-electron chi connectivity index (χ1n) is 6.85. The molecule has 4 heteroatoms. The van der Waals surface area contributed by atoms with Crippen LogP contribution in [0.15, 0.2) is 18.2 Å². The Morgan fingerprint density at radius 1 is 1.53 bits per heavy atom. The van der Waals surface area contributed by atoms with Crippen molar-refractivity contribution in [2.75, 3.05) is 20.3 Å². The molecule has 2 rings (SSSR count). The smallest absolute Gasteiger partial charge is 0.165 e.